The van der Waals surface area contributed by atoms with Gasteiger partial charge in [-0.05, 0) is 53.1 Å². The molecule has 1 amide bonds. The van der Waals surface area contributed by atoms with Gasteiger partial charge in [-0.15, -0.1) is 0 Å². The van der Waals surface area contributed by atoms with Crippen molar-refractivity contribution in [3.63, 3.8) is 0 Å². The van der Waals surface area contributed by atoms with E-state index in [-0.39, 0.29) is 11.7 Å². The van der Waals surface area contributed by atoms with E-state index in [0.29, 0.717) is 5.56 Å². The molecule has 5 nitrogen and oxygen atoms in total. The van der Waals surface area contributed by atoms with Crippen molar-refractivity contribution in [2.45, 2.75) is 6.54 Å². The number of hydrogen-bond acceptors (Lipinski definition) is 4. The second kappa shape index (κ2) is 12.0. The summed E-state index contributed by atoms with van der Waals surface area (Å²) in [5, 5.41) is 2.55. The highest BCUT2D eigenvalue weighted by molar-refractivity contribution is 6.07. The first-order chi connectivity index (χ1) is 17.1. The molecule has 0 aromatic heterocycles. The Balaban J connectivity index is 1.28. The molecule has 35 heavy (non-hydrogen) atoms. The van der Waals surface area contributed by atoms with E-state index in [2.05, 4.69) is 45.4 Å². The first-order valence-corrected chi connectivity index (χ1v) is 11.9. The standard InChI is InChI=1S/C30H31N3O2/c1-31-30(35)18-12-25-9-7-24(8-10-25)11-17-29(34)27-13-15-28(16-14-27)33-21-19-32(20-22-33)23-26-5-3-2-4-6-26/h2-18H,19-23H2,1H3,(H,31,35)/b17-11+,18-12+. The zero-order valence-corrected chi connectivity index (χ0v) is 20.1. The van der Waals surface area contributed by atoms with Crippen LogP contribution in [0.2, 0.25) is 0 Å². The van der Waals surface area contributed by atoms with Gasteiger partial charge in [0.1, 0.15) is 0 Å². The largest absolute Gasteiger partial charge is 0.369 e. The van der Waals surface area contributed by atoms with E-state index in [1.807, 2.05) is 54.6 Å². The van der Waals surface area contributed by atoms with Gasteiger partial charge in [-0.1, -0.05) is 60.7 Å². The molecule has 3 aromatic carbocycles. The van der Waals surface area contributed by atoms with Crippen LogP contribution in [0.25, 0.3) is 12.2 Å². The maximum absolute atomic E-state index is 12.6. The van der Waals surface area contributed by atoms with Crippen LogP contribution in [0, 0.1) is 0 Å². The predicted octanol–water partition coefficient (Wildman–Crippen LogP) is 4.66. The summed E-state index contributed by atoms with van der Waals surface area (Å²) >= 11 is 0. The number of allylic oxidation sites excluding steroid dienone is 1. The van der Waals surface area contributed by atoms with Crippen molar-refractivity contribution in [2.24, 2.45) is 0 Å². The Morgan fingerprint density at radius 1 is 0.771 bits per heavy atom. The molecular weight excluding hydrogens is 434 g/mol. The van der Waals surface area contributed by atoms with E-state index in [0.717, 1.165) is 49.5 Å². The van der Waals surface area contributed by atoms with Gasteiger partial charge < -0.3 is 10.2 Å². The van der Waals surface area contributed by atoms with Crippen LogP contribution in [0.1, 0.15) is 27.0 Å². The Kier molecular flexibility index (Phi) is 8.25. The molecule has 0 bridgehead atoms. The molecular formula is C30H31N3O2. The Labute approximate surface area is 207 Å². The lowest BCUT2D eigenvalue weighted by molar-refractivity contribution is -0.115. The SMILES string of the molecule is CNC(=O)/C=C/c1ccc(/C=C/C(=O)c2ccc(N3CCN(Cc4ccccc4)CC3)cc2)cc1. The first-order valence-electron chi connectivity index (χ1n) is 11.9. The summed E-state index contributed by atoms with van der Waals surface area (Å²) in [6.07, 6.45) is 6.66. The van der Waals surface area contributed by atoms with Gasteiger partial charge in [0, 0.05) is 57.1 Å². The van der Waals surface area contributed by atoms with Crippen LogP contribution in [0.5, 0.6) is 0 Å². The van der Waals surface area contributed by atoms with E-state index in [4.69, 9.17) is 0 Å². The maximum atomic E-state index is 12.6. The zero-order chi connectivity index (χ0) is 24.5. The average Bonchev–Trinajstić information content (AvgIpc) is 2.92. The number of anilines is 1. The Morgan fingerprint density at radius 2 is 1.37 bits per heavy atom. The molecule has 1 heterocycles. The smallest absolute Gasteiger partial charge is 0.243 e. The Bertz CT molecular complexity index is 1170. The fraction of sp³-hybridized carbons (Fsp3) is 0.200. The monoisotopic (exact) mass is 465 g/mol. The maximum Gasteiger partial charge on any atom is 0.243 e. The molecule has 178 valence electrons. The molecule has 0 radical (unpaired) electrons. The molecule has 1 saturated heterocycles. The summed E-state index contributed by atoms with van der Waals surface area (Å²) in [6.45, 7) is 5.00. The van der Waals surface area contributed by atoms with E-state index in [9.17, 15) is 9.59 Å². The summed E-state index contributed by atoms with van der Waals surface area (Å²) in [5.74, 6) is -0.163. The van der Waals surface area contributed by atoms with Crippen molar-refractivity contribution in [1.29, 1.82) is 0 Å². The molecule has 1 aliphatic heterocycles. The predicted molar refractivity (Wildman–Crippen MR) is 143 cm³/mol. The van der Waals surface area contributed by atoms with Gasteiger partial charge >= 0.3 is 0 Å². The topological polar surface area (TPSA) is 52.7 Å². The molecule has 0 unspecified atom stereocenters. The van der Waals surface area contributed by atoms with E-state index in [1.54, 1.807) is 19.2 Å². The van der Waals surface area contributed by atoms with Crippen LogP contribution in [0.15, 0.2) is 91.0 Å². The second-order valence-corrected chi connectivity index (χ2v) is 8.61. The zero-order valence-electron chi connectivity index (χ0n) is 20.1. The molecule has 4 rings (SSSR count). The Morgan fingerprint density at radius 3 is 1.97 bits per heavy atom. The molecule has 3 aromatic rings. The van der Waals surface area contributed by atoms with Crippen molar-refractivity contribution in [3.8, 4) is 0 Å². The fourth-order valence-electron chi connectivity index (χ4n) is 4.08. The Hall–Kier alpha value is -3.96. The fourth-order valence-corrected chi connectivity index (χ4v) is 4.08. The highest BCUT2D eigenvalue weighted by atomic mass is 16.1. The van der Waals surface area contributed by atoms with E-state index >= 15 is 0 Å². The number of piperazine rings is 1. The van der Waals surface area contributed by atoms with Crippen LogP contribution in [0.4, 0.5) is 5.69 Å². The summed E-state index contributed by atoms with van der Waals surface area (Å²) in [6, 6.07) is 26.2. The van der Waals surface area contributed by atoms with Gasteiger partial charge in [0.2, 0.25) is 5.91 Å². The third-order valence-corrected chi connectivity index (χ3v) is 6.18. The molecule has 0 aliphatic carbocycles. The van der Waals surface area contributed by atoms with Crippen molar-refractivity contribution < 1.29 is 9.59 Å². The molecule has 1 N–H and O–H groups in total. The van der Waals surface area contributed by atoms with Crippen molar-refractivity contribution in [3.05, 3.63) is 113 Å². The lowest BCUT2D eigenvalue weighted by atomic mass is 10.1. The number of carbonyl (C=O) groups is 2. The van der Waals surface area contributed by atoms with Crippen molar-refractivity contribution >= 4 is 29.5 Å². The van der Waals surface area contributed by atoms with E-state index in [1.165, 1.54) is 11.6 Å². The van der Waals surface area contributed by atoms with Gasteiger partial charge in [0.25, 0.3) is 0 Å². The number of nitrogens with one attached hydrogen (secondary N) is 1. The highest BCUT2D eigenvalue weighted by Gasteiger charge is 2.17. The molecule has 1 fully saturated rings. The number of benzene rings is 3. The summed E-state index contributed by atoms with van der Waals surface area (Å²) in [7, 11) is 1.60. The first kappa shape index (κ1) is 24.2. The number of ketones is 1. The highest BCUT2D eigenvalue weighted by Crippen LogP contribution is 2.19. The lowest BCUT2D eigenvalue weighted by Gasteiger charge is -2.36. The molecule has 1 aliphatic rings. The lowest BCUT2D eigenvalue weighted by Crippen LogP contribution is -2.45. The molecule has 5 heteroatoms. The van der Waals surface area contributed by atoms with Crippen LogP contribution < -0.4 is 10.2 Å². The van der Waals surface area contributed by atoms with Gasteiger partial charge in [-0.2, -0.15) is 0 Å². The number of rotatable bonds is 8. The van der Waals surface area contributed by atoms with Crippen LogP contribution in [0.3, 0.4) is 0 Å². The normalized spacial score (nSPS) is 14.5. The van der Waals surface area contributed by atoms with E-state index < -0.39 is 0 Å². The third-order valence-electron chi connectivity index (χ3n) is 6.18. The molecule has 0 saturated carbocycles. The average molecular weight is 466 g/mol. The number of carbonyl (C=O) groups excluding carboxylic acids is 2. The number of hydrogen-bond donors (Lipinski definition) is 1. The summed E-state index contributed by atoms with van der Waals surface area (Å²) < 4.78 is 0. The van der Waals surface area contributed by atoms with Crippen molar-refractivity contribution in [2.75, 3.05) is 38.1 Å². The minimum absolute atomic E-state index is 0.0205. The van der Waals surface area contributed by atoms with Gasteiger partial charge in [0.15, 0.2) is 5.78 Å². The van der Waals surface area contributed by atoms with Gasteiger partial charge in [-0.25, -0.2) is 0 Å². The third kappa shape index (κ3) is 7.01. The number of nitrogens with zero attached hydrogens (tertiary/aromatic N) is 2. The second-order valence-electron chi connectivity index (χ2n) is 8.61. The van der Waals surface area contributed by atoms with Crippen LogP contribution in [-0.2, 0) is 11.3 Å². The number of likely N-dealkylation sites (N-methyl/N-ethyl adjacent to an activating group) is 1. The van der Waals surface area contributed by atoms with Crippen LogP contribution in [-0.4, -0.2) is 49.8 Å². The summed E-state index contributed by atoms with van der Waals surface area (Å²) in [5.41, 5.74) is 5.04. The van der Waals surface area contributed by atoms with Crippen LogP contribution >= 0.6 is 0 Å². The van der Waals surface area contributed by atoms with Crippen molar-refractivity contribution in [1.82, 2.24) is 10.2 Å². The number of amides is 1. The molecule has 0 atom stereocenters. The van der Waals surface area contributed by atoms with Gasteiger partial charge in [-0.3, -0.25) is 14.5 Å². The quantitative estimate of drug-likeness (QED) is 0.388. The van der Waals surface area contributed by atoms with Gasteiger partial charge in [0.05, 0.1) is 0 Å². The minimum Gasteiger partial charge on any atom is -0.369 e. The minimum atomic E-state index is -0.143. The summed E-state index contributed by atoms with van der Waals surface area (Å²) in [4.78, 5) is 28.8. The molecule has 0 spiro atoms.